The van der Waals surface area contributed by atoms with Gasteiger partial charge in [-0.3, -0.25) is 19.7 Å². The first-order chi connectivity index (χ1) is 15.4. The summed E-state index contributed by atoms with van der Waals surface area (Å²) in [5.41, 5.74) is 8.58. The zero-order valence-electron chi connectivity index (χ0n) is 17.8. The highest BCUT2D eigenvalue weighted by Gasteiger charge is 2.27. The van der Waals surface area contributed by atoms with Crippen LogP contribution in [0.5, 0.6) is 0 Å². The molecule has 3 aromatic rings. The average molecular weight is 456 g/mol. The van der Waals surface area contributed by atoms with E-state index in [0.717, 1.165) is 23.0 Å². The van der Waals surface area contributed by atoms with E-state index >= 15 is 0 Å². The number of aromatic nitrogens is 2. The van der Waals surface area contributed by atoms with Crippen molar-refractivity contribution < 1.29 is 14.4 Å². The molecule has 0 aliphatic carbocycles. The summed E-state index contributed by atoms with van der Waals surface area (Å²) in [7, 11) is 3.85. The summed E-state index contributed by atoms with van der Waals surface area (Å²) >= 11 is 1.19. The van der Waals surface area contributed by atoms with Gasteiger partial charge >= 0.3 is 0 Å². The Balaban J connectivity index is 1.48. The summed E-state index contributed by atoms with van der Waals surface area (Å²) in [5.74, 6) is -0.814. The highest BCUT2D eigenvalue weighted by atomic mass is 32.1. The van der Waals surface area contributed by atoms with Crippen LogP contribution in [0.3, 0.4) is 0 Å². The van der Waals surface area contributed by atoms with Gasteiger partial charge in [0.15, 0.2) is 5.13 Å². The van der Waals surface area contributed by atoms with Crippen molar-refractivity contribution in [3.63, 3.8) is 0 Å². The second-order valence-corrected chi connectivity index (χ2v) is 8.76. The van der Waals surface area contributed by atoms with E-state index in [-0.39, 0.29) is 29.5 Å². The molecule has 1 aliphatic rings. The Labute approximate surface area is 188 Å². The molecule has 2 aromatic heterocycles. The van der Waals surface area contributed by atoms with Crippen molar-refractivity contribution in [1.29, 1.82) is 0 Å². The predicted octanol–water partition coefficient (Wildman–Crippen LogP) is 0.781. The van der Waals surface area contributed by atoms with Gasteiger partial charge in [0.05, 0.1) is 0 Å². The number of aromatic amines is 1. The summed E-state index contributed by atoms with van der Waals surface area (Å²) in [4.78, 5) is 46.6. The van der Waals surface area contributed by atoms with Crippen molar-refractivity contribution in [2.45, 2.75) is 12.5 Å². The third-order valence-electron chi connectivity index (χ3n) is 5.27. The van der Waals surface area contributed by atoms with Gasteiger partial charge in [0, 0.05) is 47.5 Å². The first kappa shape index (κ1) is 21.9. The highest BCUT2D eigenvalue weighted by molar-refractivity contribution is 7.14. The third kappa shape index (κ3) is 4.49. The van der Waals surface area contributed by atoms with Crippen LogP contribution in [-0.2, 0) is 6.42 Å². The SMILES string of the molecule is CN(C)CCNC(=O)c1csc(NC(=O)c2ccc3[nH]c4c(c3c2)CC(CN)NC4=O)n1. The molecule has 0 saturated heterocycles. The fraction of sp³-hybridized carbons (Fsp3) is 0.333. The number of carbonyl (C=O) groups is 3. The largest absolute Gasteiger partial charge is 0.350 e. The summed E-state index contributed by atoms with van der Waals surface area (Å²) in [6, 6.07) is 5.08. The van der Waals surface area contributed by atoms with E-state index in [0.29, 0.717) is 35.9 Å². The number of nitrogens with two attached hydrogens (primary N) is 1. The molecule has 0 radical (unpaired) electrons. The number of H-pyrrole nitrogens is 1. The van der Waals surface area contributed by atoms with Crippen molar-refractivity contribution in [3.05, 3.63) is 46.1 Å². The van der Waals surface area contributed by atoms with Crippen LogP contribution in [0, 0.1) is 0 Å². The quantitative estimate of drug-likeness (QED) is 0.356. The number of hydrogen-bond donors (Lipinski definition) is 5. The average Bonchev–Trinajstić information content (AvgIpc) is 3.38. The monoisotopic (exact) mass is 455 g/mol. The van der Waals surface area contributed by atoms with E-state index < -0.39 is 0 Å². The zero-order chi connectivity index (χ0) is 22.8. The van der Waals surface area contributed by atoms with Gasteiger partial charge in [0.25, 0.3) is 17.7 Å². The number of likely N-dealkylation sites (N-methyl/N-ethyl adjacent to an activating group) is 1. The molecule has 1 unspecified atom stereocenters. The number of amides is 3. The number of rotatable bonds is 7. The molecule has 0 bridgehead atoms. The minimum absolute atomic E-state index is 0.135. The van der Waals surface area contributed by atoms with Gasteiger partial charge in [-0.1, -0.05) is 0 Å². The molecule has 0 saturated carbocycles. The number of carbonyl (C=O) groups excluding carboxylic acids is 3. The Hall–Kier alpha value is -3.28. The smallest absolute Gasteiger partial charge is 0.270 e. The summed E-state index contributed by atoms with van der Waals surface area (Å²) < 4.78 is 0. The Kier molecular flexibility index (Phi) is 6.21. The van der Waals surface area contributed by atoms with Gasteiger partial charge in [0.2, 0.25) is 0 Å². The Morgan fingerprint density at radius 1 is 1.31 bits per heavy atom. The zero-order valence-corrected chi connectivity index (χ0v) is 18.6. The van der Waals surface area contributed by atoms with E-state index in [9.17, 15) is 14.4 Å². The lowest BCUT2D eigenvalue weighted by molar-refractivity contribution is 0.0920. The second kappa shape index (κ2) is 9.07. The summed E-state index contributed by atoms with van der Waals surface area (Å²) in [5, 5.41) is 11.2. The van der Waals surface area contributed by atoms with Crippen molar-refractivity contribution >= 4 is 45.1 Å². The molecule has 11 heteroatoms. The van der Waals surface area contributed by atoms with Crippen LogP contribution in [0.25, 0.3) is 10.9 Å². The summed E-state index contributed by atoms with van der Waals surface area (Å²) in [6.07, 6.45) is 0.599. The molecular formula is C21H25N7O3S. The van der Waals surface area contributed by atoms with Crippen molar-refractivity contribution in [2.75, 3.05) is 39.0 Å². The van der Waals surface area contributed by atoms with Crippen LogP contribution in [0.1, 0.15) is 36.9 Å². The maximum Gasteiger partial charge on any atom is 0.270 e. The topological polar surface area (TPSA) is 145 Å². The van der Waals surface area contributed by atoms with Gasteiger partial charge in [-0.15, -0.1) is 11.3 Å². The first-order valence-corrected chi connectivity index (χ1v) is 11.1. The number of thiazole rings is 1. The Bertz CT molecular complexity index is 1180. The molecule has 10 nitrogen and oxygen atoms in total. The van der Waals surface area contributed by atoms with E-state index in [2.05, 4.69) is 25.9 Å². The first-order valence-electron chi connectivity index (χ1n) is 10.2. The predicted molar refractivity (Wildman–Crippen MR) is 123 cm³/mol. The van der Waals surface area contributed by atoms with Gasteiger partial charge in [-0.2, -0.15) is 0 Å². The maximum absolute atomic E-state index is 12.8. The molecule has 1 aromatic carbocycles. The lowest BCUT2D eigenvalue weighted by Gasteiger charge is -2.22. The van der Waals surface area contributed by atoms with Crippen LogP contribution in [-0.4, -0.2) is 72.4 Å². The molecule has 4 rings (SSSR count). The van der Waals surface area contributed by atoms with Crippen LogP contribution in [0.2, 0.25) is 0 Å². The number of nitrogens with zero attached hydrogens (tertiary/aromatic N) is 2. The van der Waals surface area contributed by atoms with E-state index in [4.69, 9.17) is 5.73 Å². The van der Waals surface area contributed by atoms with Crippen LogP contribution < -0.4 is 21.7 Å². The van der Waals surface area contributed by atoms with Gasteiger partial charge in [-0.25, -0.2) is 4.98 Å². The fourth-order valence-corrected chi connectivity index (χ4v) is 4.27. The molecule has 168 valence electrons. The molecule has 0 fully saturated rings. The van der Waals surface area contributed by atoms with Gasteiger partial charge in [0.1, 0.15) is 11.4 Å². The lowest BCUT2D eigenvalue weighted by Crippen LogP contribution is -2.45. The van der Waals surface area contributed by atoms with Gasteiger partial charge < -0.3 is 26.3 Å². The standard InChI is InChI=1S/C21H25N7O3S/c1-28(2)6-5-23-19(30)16-10-32-21(26-16)27-18(29)11-3-4-15-13(7-11)14-8-12(9-22)24-20(31)17(14)25-15/h3-4,7,10,12,25H,5-6,8-9,22H2,1-2H3,(H,23,30)(H,24,31)(H,26,27,29). The number of anilines is 1. The Morgan fingerprint density at radius 3 is 2.88 bits per heavy atom. The molecule has 3 amide bonds. The van der Waals surface area contributed by atoms with E-state index in [1.54, 1.807) is 23.6 Å². The van der Waals surface area contributed by atoms with E-state index in [1.165, 1.54) is 11.3 Å². The fourth-order valence-electron chi connectivity index (χ4n) is 3.58. The minimum Gasteiger partial charge on any atom is -0.350 e. The summed E-state index contributed by atoms with van der Waals surface area (Å²) in [6.45, 7) is 1.57. The van der Waals surface area contributed by atoms with Crippen LogP contribution >= 0.6 is 11.3 Å². The minimum atomic E-state index is -0.341. The van der Waals surface area contributed by atoms with Crippen molar-refractivity contribution in [2.24, 2.45) is 5.73 Å². The van der Waals surface area contributed by atoms with Crippen LogP contribution in [0.4, 0.5) is 5.13 Å². The molecule has 32 heavy (non-hydrogen) atoms. The molecule has 6 N–H and O–H groups in total. The molecule has 1 aliphatic heterocycles. The van der Waals surface area contributed by atoms with Crippen molar-refractivity contribution in [1.82, 2.24) is 25.5 Å². The number of nitrogens with one attached hydrogen (secondary N) is 4. The number of fused-ring (bicyclic) bond motifs is 3. The molecular weight excluding hydrogens is 430 g/mol. The van der Waals surface area contributed by atoms with E-state index in [1.807, 2.05) is 19.0 Å². The second-order valence-electron chi connectivity index (χ2n) is 7.90. The normalized spacial score (nSPS) is 15.5. The molecule has 1 atom stereocenters. The Morgan fingerprint density at radius 2 is 2.12 bits per heavy atom. The van der Waals surface area contributed by atoms with Crippen molar-refractivity contribution in [3.8, 4) is 0 Å². The number of hydrogen-bond acceptors (Lipinski definition) is 7. The molecule has 0 spiro atoms. The maximum atomic E-state index is 12.8. The molecule has 3 heterocycles. The van der Waals surface area contributed by atoms with Gasteiger partial charge in [-0.05, 0) is 44.3 Å². The lowest BCUT2D eigenvalue weighted by atomic mass is 9.97. The highest BCUT2D eigenvalue weighted by Crippen LogP contribution is 2.28. The number of benzene rings is 1. The van der Waals surface area contributed by atoms with Crippen LogP contribution in [0.15, 0.2) is 23.6 Å². The third-order valence-corrected chi connectivity index (χ3v) is 6.03.